The molecule has 3 atom stereocenters. The lowest BCUT2D eigenvalue weighted by Gasteiger charge is -2.29. The molecule has 1 fully saturated rings. The Morgan fingerprint density at radius 1 is 0.947 bits per heavy atom. The molecule has 1 nitrogen and oxygen atoms in total. The molecule has 114 valence electrons. The zero-order chi connectivity index (χ0) is 14.3. The van der Waals surface area contributed by atoms with E-state index in [0.29, 0.717) is 12.8 Å². The second kappa shape index (κ2) is 8.24. The molecule has 1 aliphatic carbocycles. The van der Waals surface area contributed by atoms with Gasteiger partial charge in [0.05, 0.1) is 6.10 Å². The van der Waals surface area contributed by atoms with Crippen LogP contribution in [0.3, 0.4) is 0 Å². The standard InChI is InChI=1S/C17H33FO/c1-14(2)16(19)15-10-8-6-4-5-7-9-12-17(3,18)13-11-15/h14-16,19H,4-13H2,1-3H3. The van der Waals surface area contributed by atoms with E-state index in [1.807, 2.05) is 0 Å². The molecule has 0 radical (unpaired) electrons. The summed E-state index contributed by atoms with van der Waals surface area (Å²) in [5.41, 5.74) is -1.03. The Morgan fingerprint density at radius 3 is 2.16 bits per heavy atom. The van der Waals surface area contributed by atoms with Crippen molar-refractivity contribution in [2.24, 2.45) is 11.8 Å². The maximum absolute atomic E-state index is 14.4. The van der Waals surface area contributed by atoms with Crippen molar-refractivity contribution in [2.75, 3.05) is 0 Å². The molecule has 3 unspecified atom stereocenters. The molecule has 1 rings (SSSR count). The van der Waals surface area contributed by atoms with Crippen LogP contribution in [-0.2, 0) is 0 Å². The average Bonchev–Trinajstić information content (AvgIpc) is 2.33. The predicted molar refractivity (Wildman–Crippen MR) is 80.0 cm³/mol. The molecule has 0 spiro atoms. The lowest BCUT2D eigenvalue weighted by atomic mass is 9.81. The van der Waals surface area contributed by atoms with Gasteiger partial charge < -0.3 is 5.11 Å². The van der Waals surface area contributed by atoms with Crippen LogP contribution in [0.5, 0.6) is 0 Å². The van der Waals surface area contributed by atoms with Gasteiger partial charge in [0, 0.05) is 0 Å². The van der Waals surface area contributed by atoms with Crippen LogP contribution in [-0.4, -0.2) is 16.9 Å². The first-order valence-corrected chi connectivity index (χ1v) is 8.29. The maximum atomic E-state index is 14.4. The van der Waals surface area contributed by atoms with Crippen molar-refractivity contribution >= 4 is 0 Å². The van der Waals surface area contributed by atoms with Gasteiger partial charge in [-0.2, -0.15) is 0 Å². The smallest absolute Gasteiger partial charge is 0.108 e. The van der Waals surface area contributed by atoms with E-state index in [1.54, 1.807) is 6.92 Å². The summed E-state index contributed by atoms with van der Waals surface area (Å²) in [6.07, 6.45) is 10.1. The fourth-order valence-corrected chi connectivity index (χ4v) is 3.25. The van der Waals surface area contributed by atoms with E-state index < -0.39 is 5.67 Å². The monoisotopic (exact) mass is 272 g/mol. The fraction of sp³-hybridized carbons (Fsp3) is 1.00. The van der Waals surface area contributed by atoms with Crippen molar-refractivity contribution in [3.05, 3.63) is 0 Å². The van der Waals surface area contributed by atoms with Gasteiger partial charge in [0.15, 0.2) is 0 Å². The van der Waals surface area contributed by atoms with Gasteiger partial charge in [-0.25, -0.2) is 4.39 Å². The number of aliphatic hydroxyl groups excluding tert-OH is 1. The quantitative estimate of drug-likeness (QED) is 0.726. The van der Waals surface area contributed by atoms with Crippen LogP contribution < -0.4 is 0 Å². The Labute approximate surface area is 119 Å². The Hall–Kier alpha value is -0.110. The first-order chi connectivity index (χ1) is 8.92. The summed E-state index contributed by atoms with van der Waals surface area (Å²) in [6, 6.07) is 0. The van der Waals surface area contributed by atoms with Crippen molar-refractivity contribution < 1.29 is 9.50 Å². The molecule has 0 aromatic carbocycles. The lowest BCUT2D eigenvalue weighted by molar-refractivity contribution is 0.0413. The molecule has 1 N–H and O–H groups in total. The number of alkyl halides is 1. The van der Waals surface area contributed by atoms with Gasteiger partial charge in [-0.1, -0.05) is 52.4 Å². The number of aliphatic hydroxyl groups is 1. The largest absolute Gasteiger partial charge is 0.393 e. The summed E-state index contributed by atoms with van der Waals surface area (Å²) < 4.78 is 14.4. The summed E-state index contributed by atoms with van der Waals surface area (Å²) in [6.45, 7) is 5.88. The predicted octanol–water partition coefficient (Wildman–Crippen LogP) is 5.26. The molecular weight excluding hydrogens is 239 g/mol. The van der Waals surface area contributed by atoms with Gasteiger partial charge in [0.2, 0.25) is 0 Å². The van der Waals surface area contributed by atoms with Crippen LogP contribution in [0.2, 0.25) is 0 Å². The second-order valence-corrected chi connectivity index (χ2v) is 7.11. The van der Waals surface area contributed by atoms with E-state index in [-0.39, 0.29) is 17.9 Å². The third kappa shape index (κ3) is 6.74. The molecule has 0 saturated heterocycles. The molecule has 2 heteroatoms. The van der Waals surface area contributed by atoms with E-state index in [0.717, 1.165) is 19.3 Å². The molecule has 0 heterocycles. The van der Waals surface area contributed by atoms with E-state index in [4.69, 9.17) is 0 Å². The van der Waals surface area contributed by atoms with Gasteiger partial charge in [-0.3, -0.25) is 0 Å². The topological polar surface area (TPSA) is 20.2 Å². The van der Waals surface area contributed by atoms with Gasteiger partial charge >= 0.3 is 0 Å². The van der Waals surface area contributed by atoms with Crippen molar-refractivity contribution in [3.8, 4) is 0 Å². The van der Waals surface area contributed by atoms with Crippen LogP contribution in [0.1, 0.15) is 85.0 Å². The van der Waals surface area contributed by atoms with Crippen LogP contribution >= 0.6 is 0 Å². The zero-order valence-corrected chi connectivity index (χ0v) is 13.1. The van der Waals surface area contributed by atoms with E-state index >= 15 is 0 Å². The van der Waals surface area contributed by atoms with Crippen molar-refractivity contribution in [3.63, 3.8) is 0 Å². The number of rotatable bonds is 2. The van der Waals surface area contributed by atoms with Crippen molar-refractivity contribution in [1.29, 1.82) is 0 Å². The van der Waals surface area contributed by atoms with Crippen LogP contribution in [0.15, 0.2) is 0 Å². The summed E-state index contributed by atoms with van der Waals surface area (Å²) >= 11 is 0. The molecule has 0 aliphatic heterocycles. The van der Waals surface area contributed by atoms with E-state index in [1.165, 1.54) is 32.1 Å². The average molecular weight is 272 g/mol. The summed E-state index contributed by atoms with van der Waals surface area (Å²) in [5.74, 6) is 0.568. The Kier molecular flexibility index (Phi) is 7.35. The molecular formula is C17H33FO. The fourth-order valence-electron chi connectivity index (χ4n) is 3.25. The first-order valence-electron chi connectivity index (χ1n) is 8.29. The SMILES string of the molecule is CC(C)C(O)C1CCCCCCCCC(C)(F)CC1. The van der Waals surface area contributed by atoms with Crippen molar-refractivity contribution in [2.45, 2.75) is 96.8 Å². The highest BCUT2D eigenvalue weighted by Gasteiger charge is 2.28. The van der Waals surface area contributed by atoms with Gasteiger partial charge in [0.1, 0.15) is 5.67 Å². The van der Waals surface area contributed by atoms with E-state index in [2.05, 4.69) is 13.8 Å². The highest BCUT2D eigenvalue weighted by Crippen LogP contribution is 2.32. The minimum Gasteiger partial charge on any atom is -0.393 e. The zero-order valence-electron chi connectivity index (χ0n) is 13.1. The van der Waals surface area contributed by atoms with Gasteiger partial charge in [-0.05, 0) is 44.4 Å². The molecule has 1 saturated carbocycles. The Balaban J connectivity index is 2.57. The lowest BCUT2D eigenvalue weighted by Crippen LogP contribution is -2.29. The molecule has 0 amide bonds. The third-order valence-electron chi connectivity index (χ3n) is 4.73. The number of hydrogen-bond acceptors (Lipinski definition) is 1. The Morgan fingerprint density at radius 2 is 1.53 bits per heavy atom. The van der Waals surface area contributed by atoms with Crippen LogP contribution in [0, 0.1) is 11.8 Å². The van der Waals surface area contributed by atoms with E-state index in [9.17, 15) is 9.50 Å². The van der Waals surface area contributed by atoms with Crippen LogP contribution in [0.4, 0.5) is 4.39 Å². The highest BCUT2D eigenvalue weighted by atomic mass is 19.1. The number of halogens is 1. The summed E-state index contributed by atoms with van der Waals surface area (Å²) in [4.78, 5) is 0. The molecule has 0 aromatic heterocycles. The van der Waals surface area contributed by atoms with Crippen molar-refractivity contribution in [1.82, 2.24) is 0 Å². The first kappa shape index (κ1) is 16.9. The minimum atomic E-state index is -1.03. The minimum absolute atomic E-state index is 0.265. The van der Waals surface area contributed by atoms with Gasteiger partial charge in [-0.15, -0.1) is 0 Å². The molecule has 19 heavy (non-hydrogen) atoms. The maximum Gasteiger partial charge on any atom is 0.108 e. The second-order valence-electron chi connectivity index (χ2n) is 7.11. The molecule has 0 bridgehead atoms. The number of hydrogen-bond donors (Lipinski definition) is 1. The Bertz CT molecular complexity index is 237. The summed E-state index contributed by atoms with van der Waals surface area (Å²) in [7, 11) is 0. The third-order valence-corrected chi connectivity index (χ3v) is 4.73. The molecule has 1 aliphatic rings. The summed E-state index contributed by atoms with van der Waals surface area (Å²) in [5, 5.41) is 10.3. The molecule has 0 aromatic rings. The van der Waals surface area contributed by atoms with Gasteiger partial charge in [0.25, 0.3) is 0 Å². The normalized spacial score (nSPS) is 33.5. The highest BCUT2D eigenvalue weighted by molar-refractivity contribution is 4.79. The van der Waals surface area contributed by atoms with Crippen LogP contribution in [0.25, 0.3) is 0 Å².